The number of nitrogens with one attached hydrogen (secondary N) is 7. The molecule has 0 rings (SSSR count). The predicted octanol–water partition coefficient (Wildman–Crippen LogP) is -6.05. The van der Waals surface area contributed by atoms with Crippen molar-refractivity contribution in [3.63, 3.8) is 0 Å². The van der Waals surface area contributed by atoms with E-state index in [1.54, 1.807) is 64.8 Å². The Kier molecular flexibility index (Phi) is 41.2. The predicted molar refractivity (Wildman–Crippen MR) is 333 cm³/mol. The van der Waals surface area contributed by atoms with Crippen molar-refractivity contribution in [2.45, 2.75) is 174 Å². The summed E-state index contributed by atoms with van der Waals surface area (Å²) in [5.41, 5.74) is 37.4. The van der Waals surface area contributed by atoms with Gasteiger partial charge in [0, 0.05) is 19.6 Å². The van der Waals surface area contributed by atoms with Crippen LogP contribution in [0, 0.1) is 0 Å². The Morgan fingerprint density at radius 1 is 0.375 bits per heavy atom. The van der Waals surface area contributed by atoms with E-state index in [0.29, 0.717) is 94.1 Å². The van der Waals surface area contributed by atoms with Crippen LogP contribution in [0.5, 0.6) is 0 Å². The summed E-state index contributed by atoms with van der Waals surface area (Å²) >= 11 is 0. The molecule has 0 spiro atoms. The number of rotatable bonds is 47. The average molecular weight is 1290 g/mol. The molecule has 32 heteroatoms. The molecule has 33 N–H and O–H groups in total. The summed E-state index contributed by atoms with van der Waals surface area (Å²) in [6.07, 6.45) is 3.26. The fraction of sp³-hybridized carbons (Fsp3) is 0.833. The van der Waals surface area contributed by atoms with Crippen LogP contribution in [0.2, 0.25) is 0 Å². The molecule has 7 atom stereocenters. The van der Waals surface area contributed by atoms with Crippen molar-refractivity contribution in [1.29, 1.82) is 0 Å². The van der Waals surface area contributed by atoms with Crippen molar-refractivity contribution in [2.75, 3.05) is 75.4 Å². The fourth-order valence-corrected chi connectivity index (χ4v) is 16.8. The minimum atomic E-state index is -1.15. The van der Waals surface area contributed by atoms with Gasteiger partial charge < -0.3 is 88.8 Å². The lowest BCUT2D eigenvalue weighted by molar-refractivity contribution is -0.396. The monoisotopic (exact) mass is 1290 g/mol. The van der Waals surface area contributed by atoms with Crippen LogP contribution in [0.15, 0.2) is 0 Å². The average Bonchev–Trinajstić information content (AvgIpc) is 3.40. The molecule has 0 aromatic heterocycles. The number of primary amides is 1. The number of hydrogen-bond donors (Lipinski definition) is 16. The first-order valence-electron chi connectivity index (χ1n) is 27.4. The zero-order chi connectivity index (χ0) is 61.1. The molecule has 0 aromatic rings. The quantitative estimate of drug-likeness (QED) is 0.0199. The Balaban J connectivity index is 6.00. The van der Waals surface area contributed by atoms with Gasteiger partial charge in [0.15, 0.2) is 24.2 Å². The molecule has 0 radical (unpaired) electrons. The van der Waals surface area contributed by atoms with Gasteiger partial charge in [-0.05, 0) is 113 Å². The third-order valence-corrected chi connectivity index (χ3v) is 25.8. The zero-order valence-corrected chi connectivity index (χ0v) is 55.7. The zero-order valence-electron chi connectivity index (χ0n) is 49.2. The van der Waals surface area contributed by atoms with Crippen LogP contribution in [0.4, 0.5) is 0 Å². The van der Waals surface area contributed by atoms with Crippen LogP contribution in [-0.2, 0) is 38.4 Å². The summed E-state index contributed by atoms with van der Waals surface area (Å²) < 4.78 is -0.246. The molecule has 80 heavy (non-hydrogen) atoms. The highest BCUT2D eigenvalue weighted by Crippen LogP contribution is 2.37. The normalized spacial score (nSPS) is 14.8. The maximum absolute atomic E-state index is 14.1. The first kappa shape index (κ1) is 78.2. The smallest absolute Gasteiger partial charge is 0.279 e. The van der Waals surface area contributed by atoms with Crippen LogP contribution in [0.25, 0.3) is 0 Å². The molecule has 0 bridgehead atoms. The first-order chi connectivity index (χ1) is 37.3. The molecule has 0 aliphatic heterocycles. The van der Waals surface area contributed by atoms with E-state index < -0.39 is 78.4 Å². The summed E-state index contributed by atoms with van der Waals surface area (Å²) in [6, 6.07) is -5.37. The van der Waals surface area contributed by atoms with Crippen LogP contribution < -0.4 is 88.8 Å². The third kappa shape index (κ3) is 37.5. The fourth-order valence-electron chi connectivity index (χ4n) is 5.99. The van der Waals surface area contributed by atoms with Crippen LogP contribution in [0.1, 0.15) is 113 Å². The van der Waals surface area contributed by atoms with Crippen molar-refractivity contribution in [3.8, 4) is 0 Å². The molecule has 466 valence electrons. The number of carbonyl (C=O) groups is 8. The Hall–Kier alpha value is -1.76. The standard InChI is InChI=1S/C48H98N16O8S8/c1-45(2,26-49)77-73-22-30(53)38(66)58-18-12-9-15-34(62-40(68)32(55)24-75-79-47(5,6)28-51)42(70)60-20-14-10-16-35(43(71)61-21-37(57)65)64-44(72)36(63-41(69)33(56)25-76-80-48(7,8)29-52)17-11-13-19-59-39(67)31(54)23-74-78-46(3,4)27-50/h30-36H,9-29,49-56H2,1-8H3,(H2,57,65)(H,58,66)(H,59,67)(H,60,70)(H,61,71)(H,62,68)(H,63,69)(H,64,72)/p+8/t30-,31-,32-,33-,34-,35-,36-/m1/s1. The molecular formula is C48H106N16O8S8+8. The summed E-state index contributed by atoms with van der Waals surface area (Å²) in [4.78, 5) is 106. The lowest BCUT2D eigenvalue weighted by atomic mass is 10.0. The maximum atomic E-state index is 14.1. The Bertz CT molecular complexity index is 1890. The molecule has 0 fully saturated rings. The van der Waals surface area contributed by atoms with Crippen LogP contribution >= 0.6 is 86.4 Å². The molecule has 0 heterocycles. The van der Waals surface area contributed by atoms with Gasteiger partial charge in [-0.2, -0.15) is 0 Å². The van der Waals surface area contributed by atoms with Crippen molar-refractivity contribution in [2.24, 2.45) is 5.73 Å². The minimum Gasteiger partial charge on any atom is -0.368 e. The van der Waals surface area contributed by atoms with E-state index in [2.05, 4.69) is 138 Å². The minimum absolute atomic E-state index is 0.0113. The number of carbonyl (C=O) groups excluding carboxylic acids is 8. The van der Waals surface area contributed by atoms with E-state index in [0.717, 1.165) is 13.1 Å². The lowest BCUT2D eigenvalue weighted by Crippen LogP contribution is -2.70. The third-order valence-electron chi connectivity index (χ3n) is 12.1. The Morgan fingerprint density at radius 3 is 0.912 bits per heavy atom. The second-order valence-electron chi connectivity index (χ2n) is 22.0. The second kappa shape index (κ2) is 42.1. The van der Waals surface area contributed by atoms with Crippen molar-refractivity contribution in [3.05, 3.63) is 0 Å². The SMILES string of the molecule is CC(C)(C[NH3+])SSC[C@@H]([NH3+])C(=O)NCCCC[C@@H](NC(=O)[C@H]([NH3+])CSSC(C)(C)C[NH3+])C(=O)NCCCC[C@@H](NC(=O)[C@@H](CCCCNC(=O)[C@H]([NH3+])CSSC(C)(C)C[NH3+])NC(=O)[C@H]([NH3+])CSSC(C)(C)C[NH3+])C(=O)NCC(N)=O. The number of quaternary nitrogens is 8. The van der Waals surface area contributed by atoms with Gasteiger partial charge in [-0.25, -0.2) is 0 Å². The number of nitrogens with two attached hydrogens (primary N) is 1. The Morgan fingerprint density at radius 2 is 0.625 bits per heavy atom. The van der Waals surface area contributed by atoms with E-state index in [-0.39, 0.29) is 56.1 Å². The number of unbranched alkanes of at least 4 members (excludes halogenated alkanes) is 3. The topological polar surface area (TPSA) is 468 Å². The second-order valence-corrected chi connectivity index (χ2v) is 34.2. The van der Waals surface area contributed by atoms with E-state index in [1.165, 1.54) is 21.6 Å². The van der Waals surface area contributed by atoms with E-state index in [4.69, 9.17) is 5.73 Å². The highest BCUT2D eigenvalue weighted by atomic mass is 33.1. The van der Waals surface area contributed by atoms with E-state index in [9.17, 15) is 38.4 Å². The van der Waals surface area contributed by atoms with Gasteiger partial charge in [-0.3, -0.25) is 38.4 Å². The van der Waals surface area contributed by atoms with Gasteiger partial charge in [0.2, 0.25) is 23.6 Å². The van der Waals surface area contributed by atoms with Gasteiger partial charge in [-0.15, -0.1) is 0 Å². The van der Waals surface area contributed by atoms with Gasteiger partial charge in [0.25, 0.3) is 23.6 Å². The van der Waals surface area contributed by atoms with Gasteiger partial charge >= 0.3 is 0 Å². The molecule has 0 unspecified atom stereocenters. The molecule has 0 aliphatic carbocycles. The molecule has 0 saturated carbocycles. The molecule has 24 nitrogen and oxygen atoms in total. The van der Waals surface area contributed by atoms with Gasteiger partial charge in [0.05, 0.1) is 74.7 Å². The maximum Gasteiger partial charge on any atom is 0.279 e. The molecule has 0 aromatic carbocycles. The summed E-state index contributed by atoms with van der Waals surface area (Å²) in [6.45, 7) is 19.9. The van der Waals surface area contributed by atoms with Gasteiger partial charge in [0.1, 0.15) is 18.1 Å². The lowest BCUT2D eigenvalue weighted by Gasteiger charge is -2.24. The Labute approximate surface area is 507 Å². The first-order valence-corrected chi connectivity index (χ1v) is 36.6. The summed E-state index contributed by atoms with van der Waals surface area (Å²) in [5, 5.41) is 19.7. The van der Waals surface area contributed by atoms with Crippen molar-refractivity contribution in [1.82, 2.24) is 37.2 Å². The van der Waals surface area contributed by atoms with Gasteiger partial charge in [-0.1, -0.05) is 86.4 Å². The van der Waals surface area contributed by atoms with E-state index >= 15 is 0 Å². The largest absolute Gasteiger partial charge is 0.368 e. The van der Waals surface area contributed by atoms with Crippen molar-refractivity contribution >= 4 is 134 Å². The van der Waals surface area contributed by atoms with Crippen LogP contribution in [-0.4, -0.2) is 184 Å². The number of hydrogen-bond acceptors (Lipinski definition) is 16. The highest BCUT2D eigenvalue weighted by molar-refractivity contribution is 8.78. The molecule has 0 saturated heterocycles. The van der Waals surface area contributed by atoms with Crippen molar-refractivity contribution < 1.29 is 84.2 Å². The summed E-state index contributed by atoms with van der Waals surface area (Å²) in [5.74, 6) is -1.77. The number of amides is 8. The highest BCUT2D eigenvalue weighted by Gasteiger charge is 2.32. The molecule has 0 aliphatic rings. The van der Waals surface area contributed by atoms with Crippen LogP contribution in [0.3, 0.4) is 0 Å². The summed E-state index contributed by atoms with van der Waals surface area (Å²) in [7, 11) is 12.8. The molecule has 8 amide bonds. The van der Waals surface area contributed by atoms with E-state index in [1.807, 2.05) is 0 Å². The molecular weight excluding hydrogens is 1190 g/mol.